The lowest BCUT2D eigenvalue weighted by atomic mass is 10.0. The van der Waals surface area contributed by atoms with Crippen molar-refractivity contribution < 1.29 is 47.6 Å². The van der Waals surface area contributed by atoms with E-state index in [9.17, 15) is 19.2 Å². The van der Waals surface area contributed by atoms with E-state index in [1.165, 1.54) is 0 Å². The highest BCUT2D eigenvalue weighted by Gasteiger charge is 2.39. The Kier molecular flexibility index (Phi) is 15.1. The number of carbonyl (C=O) groups excluding carboxylic acids is 4. The number of benzene rings is 2. The molecule has 0 heterocycles. The van der Waals surface area contributed by atoms with Crippen LogP contribution in [0.1, 0.15) is 52.7 Å². The Hall–Kier alpha value is -4.48. The number of nitrogens with zero attached hydrogens (tertiary/aromatic N) is 2. The lowest BCUT2D eigenvalue weighted by molar-refractivity contribution is -0.149. The minimum absolute atomic E-state index is 0.0899. The van der Waals surface area contributed by atoms with E-state index in [1.54, 1.807) is 69.5 Å². The van der Waals surface area contributed by atoms with Crippen molar-refractivity contribution in [2.75, 3.05) is 69.1 Å². The SMILES string of the molecule is CCOC(=O)CN(CC(=O)OCC)c1ccc(C)cc1OCCOc1cc(C)ccc1N(CC(=O)OCC)C(C)(C)C(=O)OCC. The van der Waals surface area contributed by atoms with E-state index in [2.05, 4.69) is 0 Å². The molecule has 2 rings (SSSR count). The maximum Gasteiger partial charge on any atom is 0.331 e. The molecule has 0 spiro atoms. The van der Waals surface area contributed by atoms with Crippen molar-refractivity contribution in [2.45, 2.75) is 60.9 Å². The lowest BCUT2D eigenvalue weighted by Gasteiger charge is -2.38. The highest BCUT2D eigenvalue weighted by molar-refractivity contribution is 5.88. The number of esters is 4. The average Bonchev–Trinajstić information content (AvgIpc) is 2.98. The molecular weight excluding hydrogens is 596 g/mol. The molecule has 12 nitrogen and oxygen atoms in total. The summed E-state index contributed by atoms with van der Waals surface area (Å²) in [6.45, 7) is 14.4. The first-order valence-corrected chi connectivity index (χ1v) is 15.5. The van der Waals surface area contributed by atoms with Crippen molar-refractivity contribution in [3.8, 4) is 11.5 Å². The van der Waals surface area contributed by atoms with E-state index >= 15 is 0 Å². The zero-order chi connectivity index (χ0) is 34.3. The van der Waals surface area contributed by atoms with Gasteiger partial charge in [-0.3, -0.25) is 14.4 Å². The number of hydrogen-bond acceptors (Lipinski definition) is 12. The molecule has 0 aromatic heterocycles. The average molecular weight is 645 g/mol. The first-order chi connectivity index (χ1) is 21.9. The smallest absolute Gasteiger partial charge is 0.331 e. The summed E-state index contributed by atoms with van der Waals surface area (Å²) in [5.41, 5.74) is 1.59. The maximum atomic E-state index is 13.0. The quantitative estimate of drug-likeness (QED) is 0.122. The van der Waals surface area contributed by atoms with E-state index in [0.717, 1.165) is 11.1 Å². The molecule has 46 heavy (non-hydrogen) atoms. The van der Waals surface area contributed by atoms with E-state index in [4.69, 9.17) is 28.4 Å². The first-order valence-electron chi connectivity index (χ1n) is 15.5. The molecule has 12 heteroatoms. The van der Waals surface area contributed by atoms with Gasteiger partial charge in [0.15, 0.2) is 0 Å². The summed E-state index contributed by atoms with van der Waals surface area (Å²) < 4.78 is 33.1. The molecule has 0 saturated carbocycles. The Bertz CT molecular complexity index is 1310. The van der Waals surface area contributed by atoms with E-state index < -0.39 is 29.4 Å². The second kappa shape index (κ2) is 18.5. The van der Waals surface area contributed by atoms with Crippen LogP contribution in [0.15, 0.2) is 36.4 Å². The highest BCUT2D eigenvalue weighted by atomic mass is 16.6. The normalized spacial score (nSPS) is 10.9. The fourth-order valence-electron chi connectivity index (χ4n) is 4.55. The highest BCUT2D eigenvalue weighted by Crippen LogP contribution is 2.35. The molecule has 0 bridgehead atoms. The van der Waals surface area contributed by atoms with Gasteiger partial charge in [0.1, 0.15) is 49.9 Å². The van der Waals surface area contributed by atoms with Gasteiger partial charge in [0.2, 0.25) is 0 Å². The summed E-state index contributed by atoms with van der Waals surface area (Å²) in [6.07, 6.45) is 0. The molecule has 0 aliphatic heterocycles. The summed E-state index contributed by atoms with van der Waals surface area (Å²) in [5.74, 6) is -1.12. The van der Waals surface area contributed by atoms with Gasteiger partial charge in [-0.1, -0.05) is 12.1 Å². The van der Waals surface area contributed by atoms with Gasteiger partial charge in [-0.2, -0.15) is 0 Å². The Labute approximate surface area is 271 Å². The predicted molar refractivity (Wildman–Crippen MR) is 174 cm³/mol. The summed E-state index contributed by atoms with van der Waals surface area (Å²) >= 11 is 0. The van der Waals surface area contributed by atoms with Crippen LogP contribution in [0.3, 0.4) is 0 Å². The molecular formula is C34H48N2O10. The van der Waals surface area contributed by atoms with Crippen LogP contribution >= 0.6 is 0 Å². The number of aryl methyl sites for hydroxylation is 2. The molecule has 2 aromatic rings. The zero-order valence-corrected chi connectivity index (χ0v) is 28.3. The fraction of sp³-hybridized carbons (Fsp3) is 0.529. The third kappa shape index (κ3) is 11.1. The third-order valence-electron chi connectivity index (χ3n) is 6.75. The Morgan fingerprint density at radius 3 is 1.48 bits per heavy atom. The van der Waals surface area contributed by atoms with Crippen LogP contribution in [0, 0.1) is 13.8 Å². The molecule has 0 aliphatic carbocycles. The third-order valence-corrected chi connectivity index (χ3v) is 6.75. The summed E-state index contributed by atoms with van der Waals surface area (Å²) in [6, 6.07) is 10.9. The standard InChI is InChI=1S/C34H48N2O10/c1-9-41-30(37)21-35(22-31(38)42-10-2)26-15-13-24(5)19-28(26)45-17-18-46-29-20-25(6)14-16-27(29)36(23-32(39)43-11-3)34(7,8)33(40)44-12-4/h13-16,19-20H,9-12,17-18,21-23H2,1-8H3. The van der Waals surface area contributed by atoms with Crippen molar-refractivity contribution in [1.29, 1.82) is 0 Å². The van der Waals surface area contributed by atoms with Gasteiger partial charge >= 0.3 is 23.9 Å². The van der Waals surface area contributed by atoms with Crippen molar-refractivity contribution in [3.63, 3.8) is 0 Å². The monoisotopic (exact) mass is 644 g/mol. The molecule has 0 unspecified atom stereocenters. The van der Waals surface area contributed by atoms with Crippen LogP contribution in [0.5, 0.6) is 11.5 Å². The zero-order valence-electron chi connectivity index (χ0n) is 28.3. The Morgan fingerprint density at radius 2 is 1.02 bits per heavy atom. The Morgan fingerprint density at radius 1 is 0.609 bits per heavy atom. The van der Waals surface area contributed by atoms with Crippen LogP contribution in [-0.4, -0.2) is 88.7 Å². The molecule has 0 aliphatic rings. The predicted octanol–water partition coefficient (Wildman–Crippen LogP) is 4.41. The molecule has 0 fully saturated rings. The first kappa shape index (κ1) is 37.7. The molecule has 2 aromatic carbocycles. The minimum atomic E-state index is -1.23. The van der Waals surface area contributed by atoms with Crippen molar-refractivity contribution in [1.82, 2.24) is 0 Å². The van der Waals surface area contributed by atoms with Gasteiger partial charge in [-0.05, 0) is 90.8 Å². The largest absolute Gasteiger partial charge is 0.488 e. The van der Waals surface area contributed by atoms with Gasteiger partial charge in [0.05, 0.1) is 37.8 Å². The van der Waals surface area contributed by atoms with Crippen LogP contribution in [0.4, 0.5) is 11.4 Å². The summed E-state index contributed by atoms with van der Waals surface area (Å²) in [7, 11) is 0. The topological polar surface area (TPSA) is 130 Å². The van der Waals surface area contributed by atoms with Gasteiger partial charge in [-0.25, -0.2) is 4.79 Å². The number of carbonyl (C=O) groups is 4. The Balaban J connectivity index is 2.34. The van der Waals surface area contributed by atoms with Gasteiger partial charge in [0, 0.05) is 0 Å². The van der Waals surface area contributed by atoms with Crippen molar-refractivity contribution >= 4 is 35.3 Å². The lowest BCUT2D eigenvalue weighted by Crippen LogP contribution is -2.53. The van der Waals surface area contributed by atoms with Crippen molar-refractivity contribution in [3.05, 3.63) is 47.5 Å². The number of ether oxygens (including phenoxy) is 6. The van der Waals surface area contributed by atoms with Crippen LogP contribution in [-0.2, 0) is 38.1 Å². The van der Waals surface area contributed by atoms with E-state index in [0.29, 0.717) is 22.9 Å². The molecule has 0 saturated heterocycles. The van der Waals surface area contributed by atoms with Crippen molar-refractivity contribution in [2.24, 2.45) is 0 Å². The van der Waals surface area contributed by atoms with Crippen LogP contribution in [0.25, 0.3) is 0 Å². The molecule has 254 valence electrons. The van der Waals surface area contributed by atoms with Gasteiger partial charge in [-0.15, -0.1) is 0 Å². The van der Waals surface area contributed by atoms with E-state index in [-0.39, 0.29) is 59.3 Å². The molecule has 0 radical (unpaired) electrons. The van der Waals surface area contributed by atoms with Crippen LogP contribution < -0.4 is 19.3 Å². The number of hydrogen-bond donors (Lipinski definition) is 0. The second-order valence-corrected chi connectivity index (χ2v) is 10.8. The maximum absolute atomic E-state index is 13.0. The summed E-state index contributed by atoms with van der Waals surface area (Å²) in [4.78, 5) is 53.6. The minimum Gasteiger partial charge on any atom is -0.488 e. The van der Waals surface area contributed by atoms with Gasteiger partial charge in [0.25, 0.3) is 0 Å². The number of rotatable bonds is 19. The molecule has 0 N–H and O–H groups in total. The molecule has 0 atom stereocenters. The second-order valence-electron chi connectivity index (χ2n) is 10.8. The van der Waals surface area contributed by atoms with Gasteiger partial charge < -0.3 is 38.2 Å². The number of anilines is 2. The van der Waals surface area contributed by atoms with E-state index in [1.807, 2.05) is 32.0 Å². The fourth-order valence-corrected chi connectivity index (χ4v) is 4.55. The van der Waals surface area contributed by atoms with Crippen LogP contribution in [0.2, 0.25) is 0 Å². The summed E-state index contributed by atoms with van der Waals surface area (Å²) in [5, 5.41) is 0. The molecule has 0 amide bonds.